The molecule has 0 unspecified atom stereocenters. The van der Waals surface area contributed by atoms with Gasteiger partial charge in [-0.3, -0.25) is 14.5 Å². The second kappa shape index (κ2) is 11.7. The maximum atomic E-state index is 12.7. The van der Waals surface area contributed by atoms with Crippen LogP contribution in [0.4, 0.5) is 4.79 Å². The van der Waals surface area contributed by atoms with Crippen LogP contribution in [-0.2, 0) is 17.8 Å². The molecular weight excluding hydrogens is 454 g/mol. The van der Waals surface area contributed by atoms with Crippen LogP contribution in [0.15, 0.2) is 61.2 Å². The Morgan fingerprint density at radius 1 is 1.15 bits per heavy atom. The van der Waals surface area contributed by atoms with Crippen LogP contribution < -0.4 is 5.32 Å². The Morgan fingerprint density at radius 3 is 2.65 bits per heavy atom. The van der Waals surface area contributed by atoms with Gasteiger partial charge in [0.15, 0.2) is 0 Å². The number of nitrogens with one attached hydrogen (secondary N) is 1. The zero-order chi connectivity index (χ0) is 24.6. The summed E-state index contributed by atoms with van der Waals surface area (Å²) in [6.07, 6.45) is 6.80. The predicted molar refractivity (Wildman–Crippen MR) is 131 cm³/mol. The lowest BCUT2D eigenvalue weighted by Crippen LogP contribution is -2.38. The summed E-state index contributed by atoms with van der Waals surface area (Å²) in [6.45, 7) is 7.19. The molecule has 3 aromatic rings. The third-order valence-electron chi connectivity index (χ3n) is 4.82. The van der Waals surface area contributed by atoms with E-state index in [1.54, 1.807) is 28.2 Å². The lowest BCUT2D eigenvalue weighted by Gasteiger charge is -2.27. The normalized spacial score (nSPS) is 11.2. The van der Waals surface area contributed by atoms with E-state index in [1.165, 1.54) is 6.20 Å². The highest BCUT2D eigenvalue weighted by molar-refractivity contribution is 6.31. The van der Waals surface area contributed by atoms with E-state index in [-0.39, 0.29) is 5.91 Å². The summed E-state index contributed by atoms with van der Waals surface area (Å²) in [4.78, 5) is 30.9. The second-order valence-corrected chi connectivity index (χ2v) is 9.30. The van der Waals surface area contributed by atoms with Crippen molar-refractivity contribution in [3.8, 4) is 0 Å². The maximum absolute atomic E-state index is 12.7. The predicted octanol–water partition coefficient (Wildman–Crippen LogP) is 4.54. The molecular formula is C25H30ClN5O3. The van der Waals surface area contributed by atoms with Gasteiger partial charge in [0, 0.05) is 36.7 Å². The van der Waals surface area contributed by atoms with Crippen molar-refractivity contribution in [3.05, 3.63) is 82.9 Å². The van der Waals surface area contributed by atoms with Crippen molar-refractivity contribution in [2.24, 2.45) is 0 Å². The Labute approximate surface area is 204 Å². The van der Waals surface area contributed by atoms with Gasteiger partial charge in [-0.25, -0.2) is 4.79 Å². The van der Waals surface area contributed by atoms with E-state index in [0.717, 1.165) is 11.1 Å². The Kier molecular flexibility index (Phi) is 8.65. The van der Waals surface area contributed by atoms with Crippen LogP contribution >= 0.6 is 11.6 Å². The van der Waals surface area contributed by atoms with Crippen LogP contribution in [0.3, 0.4) is 0 Å². The summed E-state index contributed by atoms with van der Waals surface area (Å²) in [5, 5.41) is 7.80. The number of nitrogens with zero attached hydrogens (tertiary/aromatic N) is 4. The lowest BCUT2D eigenvalue weighted by molar-refractivity contribution is 0.0232. The molecule has 180 valence electrons. The first-order valence-electron chi connectivity index (χ1n) is 11.1. The van der Waals surface area contributed by atoms with Crippen molar-refractivity contribution in [1.29, 1.82) is 0 Å². The average molecular weight is 484 g/mol. The van der Waals surface area contributed by atoms with Crippen molar-refractivity contribution in [2.45, 2.75) is 45.9 Å². The van der Waals surface area contributed by atoms with Gasteiger partial charge in [-0.2, -0.15) is 5.10 Å². The van der Waals surface area contributed by atoms with E-state index >= 15 is 0 Å². The molecule has 34 heavy (non-hydrogen) atoms. The summed E-state index contributed by atoms with van der Waals surface area (Å²) in [7, 11) is 0. The van der Waals surface area contributed by atoms with Crippen LogP contribution in [0.1, 0.15) is 48.7 Å². The molecule has 2 aromatic heterocycles. The molecule has 0 aliphatic carbocycles. The van der Waals surface area contributed by atoms with Gasteiger partial charge < -0.3 is 15.0 Å². The fourth-order valence-corrected chi connectivity index (χ4v) is 3.41. The highest BCUT2D eigenvalue weighted by Crippen LogP contribution is 2.16. The van der Waals surface area contributed by atoms with E-state index in [0.29, 0.717) is 43.2 Å². The van der Waals surface area contributed by atoms with Gasteiger partial charge >= 0.3 is 6.09 Å². The van der Waals surface area contributed by atoms with Crippen LogP contribution in [0.25, 0.3) is 0 Å². The van der Waals surface area contributed by atoms with Gasteiger partial charge in [0.2, 0.25) is 0 Å². The topological polar surface area (TPSA) is 89.4 Å². The molecule has 0 aliphatic heterocycles. The van der Waals surface area contributed by atoms with Crippen molar-refractivity contribution in [3.63, 3.8) is 0 Å². The first kappa shape index (κ1) is 25.2. The van der Waals surface area contributed by atoms with Crippen molar-refractivity contribution >= 4 is 23.6 Å². The summed E-state index contributed by atoms with van der Waals surface area (Å²) in [5.74, 6) is -0.221. The molecule has 1 N–H and O–H groups in total. The van der Waals surface area contributed by atoms with Gasteiger partial charge in [0.25, 0.3) is 5.91 Å². The molecule has 2 heterocycles. The lowest BCUT2D eigenvalue weighted by atomic mass is 10.2. The summed E-state index contributed by atoms with van der Waals surface area (Å²) in [5.41, 5.74) is 1.70. The SMILES string of the molecule is CC(C)(C)OC(=O)N(CCCNC(=O)c1cnn(Cc2ccccc2Cl)c1)Cc1cccnc1. The van der Waals surface area contributed by atoms with Crippen LogP contribution in [0.2, 0.25) is 5.02 Å². The molecule has 1 aromatic carbocycles. The van der Waals surface area contributed by atoms with Gasteiger partial charge in [0.05, 0.1) is 24.8 Å². The largest absolute Gasteiger partial charge is 0.444 e. The Morgan fingerprint density at radius 2 is 1.94 bits per heavy atom. The summed E-state index contributed by atoms with van der Waals surface area (Å²) < 4.78 is 7.21. The number of hydrogen-bond donors (Lipinski definition) is 1. The standard InChI is InChI=1S/C25H30ClN5O3/c1-25(2,3)34-24(33)30(16-19-8-6-11-27-14-19)13-7-12-28-23(32)21-15-29-31(18-21)17-20-9-4-5-10-22(20)26/h4-6,8-11,14-15,18H,7,12-13,16-17H2,1-3H3,(H,28,32). The van der Waals surface area contributed by atoms with Gasteiger partial charge in [0.1, 0.15) is 5.60 Å². The molecule has 0 aliphatic rings. The molecule has 0 saturated carbocycles. The van der Waals surface area contributed by atoms with E-state index < -0.39 is 11.7 Å². The van der Waals surface area contributed by atoms with E-state index in [4.69, 9.17) is 16.3 Å². The number of hydrogen-bond acceptors (Lipinski definition) is 5. The highest BCUT2D eigenvalue weighted by atomic mass is 35.5. The van der Waals surface area contributed by atoms with Crippen molar-refractivity contribution in [2.75, 3.05) is 13.1 Å². The number of carbonyl (C=O) groups excluding carboxylic acids is 2. The Balaban J connectivity index is 1.51. The molecule has 0 radical (unpaired) electrons. The molecule has 0 spiro atoms. The molecule has 0 fully saturated rings. The van der Waals surface area contributed by atoms with Crippen LogP contribution in [-0.4, -0.2) is 50.4 Å². The van der Waals surface area contributed by atoms with E-state index in [2.05, 4.69) is 15.4 Å². The summed E-state index contributed by atoms with van der Waals surface area (Å²) in [6, 6.07) is 11.3. The number of benzene rings is 1. The van der Waals surface area contributed by atoms with Crippen LogP contribution in [0, 0.1) is 0 Å². The molecule has 0 saturated heterocycles. The highest BCUT2D eigenvalue weighted by Gasteiger charge is 2.22. The first-order chi connectivity index (χ1) is 16.2. The van der Waals surface area contributed by atoms with Crippen LogP contribution in [0.5, 0.6) is 0 Å². The Hall–Kier alpha value is -3.39. The first-order valence-corrected chi connectivity index (χ1v) is 11.5. The fourth-order valence-electron chi connectivity index (χ4n) is 3.22. The minimum Gasteiger partial charge on any atom is -0.444 e. The fraction of sp³-hybridized carbons (Fsp3) is 0.360. The van der Waals surface area contributed by atoms with E-state index in [1.807, 2.05) is 57.2 Å². The molecule has 0 bridgehead atoms. The minimum absolute atomic E-state index is 0.221. The molecule has 2 amide bonds. The molecule has 9 heteroatoms. The quantitative estimate of drug-likeness (QED) is 0.451. The molecule has 3 rings (SSSR count). The molecule has 8 nitrogen and oxygen atoms in total. The number of ether oxygens (including phenoxy) is 1. The summed E-state index contributed by atoms with van der Waals surface area (Å²) >= 11 is 6.20. The van der Waals surface area contributed by atoms with E-state index in [9.17, 15) is 9.59 Å². The number of amides is 2. The third-order valence-corrected chi connectivity index (χ3v) is 5.19. The zero-order valence-electron chi connectivity index (χ0n) is 19.7. The number of pyridine rings is 1. The third kappa shape index (κ3) is 7.88. The van der Waals surface area contributed by atoms with Gasteiger partial charge in [-0.05, 0) is 50.5 Å². The smallest absolute Gasteiger partial charge is 0.410 e. The monoisotopic (exact) mass is 483 g/mol. The van der Waals surface area contributed by atoms with Gasteiger partial charge in [-0.15, -0.1) is 0 Å². The number of carbonyl (C=O) groups is 2. The van der Waals surface area contributed by atoms with Crippen molar-refractivity contribution < 1.29 is 14.3 Å². The Bertz CT molecular complexity index is 1100. The van der Waals surface area contributed by atoms with Crippen molar-refractivity contribution in [1.82, 2.24) is 25.0 Å². The van der Waals surface area contributed by atoms with Gasteiger partial charge in [-0.1, -0.05) is 35.9 Å². The number of rotatable bonds is 9. The molecule has 0 atom stereocenters. The maximum Gasteiger partial charge on any atom is 0.410 e. The zero-order valence-corrected chi connectivity index (χ0v) is 20.5. The second-order valence-electron chi connectivity index (χ2n) is 8.89. The average Bonchev–Trinajstić information content (AvgIpc) is 3.25. The number of aromatic nitrogens is 3. The number of halogens is 1. The minimum atomic E-state index is -0.595.